The van der Waals surface area contributed by atoms with Gasteiger partial charge in [0.05, 0.1) is 24.8 Å². The van der Waals surface area contributed by atoms with Crippen LogP contribution in [0.5, 0.6) is 0 Å². The van der Waals surface area contributed by atoms with E-state index >= 15 is 0 Å². The zero-order valence-electron chi connectivity index (χ0n) is 10.6. The van der Waals surface area contributed by atoms with Crippen LogP contribution >= 0.6 is 0 Å². The predicted octanol–water partition coefficient (Wildman–Crippen LogP) is 0.779. The van der Waals surface area contributed by atoms with Crippen LogP contribution in [-0.2, 0) is 9.53 Å². The first-order valence-corrected chi connectivity index (χ1v) is 6.20. The van der Waals surface area contributed by atoms with Crippen molar-refractivity contribution in [1.82, 2.24) is 10.3 Å². The Bertz CT molecular complexity index is 596. The number of ether oxygens (including phenoxy) is 1. The van der Waals surface area contributed by atoms with Crippen molar-refractivity contribution < 1.29 is 13.9 Å². The molecule has 6 heteroatoms. The molecule has 1 unspecified atom stereocenters. The number of aromatic nitrogens is 1. The van der Waals surface area contributed by atoms with Crippen LogP contribution in [0, 0.1) is 0 Å². The number of pyridine rings is 1. The van der Waals surface area contributed by atoms with Gasteiger partial charge in [0.15, 0.2) is 6.10 Å². The third kappa shape index (κ3) is 2.15. The minimum absolute atomic E-state index is 0.107. The Morgan fingerprint density at radius 3 is 3.26 bits per heavy atom. The molecule has 1 aliphatic heterocycles. The Hall–Kier alpha value is -2.08. The van der Waals surface area contributed by atoms with E-state index in [0.717, 1.165) is 16.8 Å². The van der Waals surface area contributed by atoms with E-state index in [1.807, 2.05) is 12.1 Å². The Morgan fingerprint density at radius 1 is 1.53 bits per heavy atom. The smallest absolute Gasteiger partial charge is 0.250 e. The second kappa shape index (κ2) is 4.89. The lowest BCUT2D eigenvalue weighted by Gasteiger charge is -2.32. The van der Waals surface area contributed by atoms with E-state index < -0.39 is 6.10 Å². The monoisotopic (exact) mass is 261 g/mol. The number of likely N-dealkylation sites (N-methyl/N-ethyl adjacent to an activating group) is 1. The molecule has 0 radical (unpaired) electrons. The van der Waals surface area contributed by atoms with Gasteiger partial charge in [0.2, 0.25) is 0 Å². The summed E-state index contributed by atoms with van der Waals surface area (Å²) in [5, 5.41) is 3.57. The highest BCUT2D eigenvalue weighted by Gasteiger charge is 2.27. The Morgan fingerprint density at radius 2 is 2.42 bits per heavy atom. The SMILES string of the molecule is CNC(=O)C1CN(c2nccc3occc23)CCO1. The maximum atomic E-state index is 11.7. The first-order chi connectivity index (χ1) is 9.29. The Kier molecular flexibility index (Phi) is 3.08. The number of amides is 1. The average molecular weight is 261 g/mol. The molecule has 1 atom stereocenters. The first kappa shape index (κ1) is 12.0. The van der Waals surface area contributed by atoms with Crippen LogP contribution in [0.25, 0.3) is 11.0 Å². The van der Waals surface area contributed by atoms with Crippen LogP contribution in [0.3, 0.4) is 0 Å². The highest BCUT2D eigenvalue weighted by Crippen LogP contribution is 2.26. The Labute approximate surface area is 110 Å². The summed E-state index contributed by atoms with van der Waals surface area (Å²) in [6.45, 7) is 1.72. The summed E-state index contributed by atoms with van der Waals surface area (Å²) in [6.07, 6.45) is 2.90. The minimum atomic E-state index is -0.456. The van der Waals surface area contributed by atoms with E-state index in [4.69, 9.17) is 9.15 Å². The third-order valence-corrected chi connectivity index (χ3v) is 3.26. The molecular weight excluding hydrogens is 246 g/mol. The largest absolute Gasteiger partial charge is 0.464 e. The van der Waals surface area contributed by atoms with Crippen molar-refractivity contribution in [3.63, 3.8) is 0 Å². The van der Waals surface area contributed by atoms with Crippen molar-refractivity contribution in [2.24, 2.45) is 0 Å². The lowest BCUT2D eigenvalue weighted by molar-refractivity contribution is -0.132. The molecule has 1 fully saturated rings. The molecule has 1 amide bonds. The summed E-state index contributed by atoms with van der Waals surface area (Å²) >= 11 is 0. The van der Waals surface area contributed by atoms with Gasteiger partial charge in [0, 0.05) is 19.8 Å². The van der Waals surface area contributed by atoms with Crippen molar-refractivity contribution in [3.8, 4) is 0 Å². The number of carbonyl (C=O) groups is 1. The summed E-state index contributed by atoms with van der Waals surface area (Å²) in [5.41, 5.74) is 0.799. The fraction of sp³-hybridized carbons (Fsp3) is 0.385. The molecule has 0 saturated carbocycles. The molecule has 1 N–H and O–H groups in total. The molecule has 3 rings (SSSR count). The molecule has 100 valence electrons. The lowest BCUT2D eigenvalue weighted by Crippen LogP contribution is -2.49. The molecule has 1 saturated heterocycles. The summed E-state index contributed by atoms with van der Waals surface area (Å²) < 4.78 is 10.8. The molecule has 1 aliphatic rings. The lowest BCUT2D eigenvalue weighted by atomic mass is 10.2. The number of hydrogen-bond donors (Lipinski definition) is 1. The number of rotatable bonds is 2. The number of carbonyl (C=O) groups excluding carboxylic acids is 1. The van der Waals surface area contributed by atoms with Gasteiger partial charge in [-0.15, -0.1) is 0 Å². The van der Waals surface area contributed by atoms with Crippen LogP contribution in [0.1, 0.15) is 0 Å². The van der Waals surface area contributed by atoms with E-state index in [9.17, 15) is 4.79 Å². The van der Waals surface area contributed by atoms with Crippen LogP contribution < -0.4 is 10.2 Å². The van der Waals surface area contributed by atoms with Gasteiger partial charge in [-0.25, -0.2) is 4.98 Å². The molecular formula is C13H15N3O3. The van der Waals surface area contributed by atoms with E-state index in [0.29, 0.717) is 19.7 Å². The van der Waals surface area contributed by atoms with Gasteiger partial charge in [-0.05, 0) is 12.1 Å². The topological polar surface area (TPSA) is 67.6 Å². The van der Waals surface area contributed by atoms with E-state index in [-0.39, 0.29) is 5.91 Å². The van der Waals surface area contributed by atoms with Crippen molar-refractivity contribution >= 4 is 22.7 Å². The van der Waals surface area contributed by atoms with E-state index in [1.54, 1.807) is 19.5 Å². The number of fused-ring (bicyclic) bond motifs is 1. The van der Waals surface area contributed by atoms with Gasteiger partial charge in [-0.3, -0.25) is 4.79 Å². The highest BCUT2D eigenvalue weighted by molar-refractivity contribution is 5.89. The number of nitrogens with one attached hydrogen (secondary N) is 1. The van der Waals surface area contributed by atoms with Crippen molar-refractivity contribution in [1.29, 1.82) is 0 Å². The zero-order chi connectivity index (χ0) is 13.2. The molecule has 3 heterocycles. The normalized spacial score (nSPS) is 19.6. The van der Waals surface area contributed by atoms with Gasteiger partial charge in [0.25, 0.3) is 5.91 Å². The fourth-order valence-corrected chi connectivity index (χ4v) is 2.29. The fourth-order valence-electron chi connectivity index (χ4n) is 2.29. The van der Waals surface area contributed by atoms with Crippen molar-refractivity contribution in [2.75, 3.05) is 31.6 Å². The van der Waals surface area contributed by atoms with E-state index in [2.05, 4.69) is 15.2 Å². The van der Waals surface area contributed by atoms with Crippen molar-refractivity contribution in [2.45, 2.75) is 6.10 Å². The highest BCUT2D eigenvalue weighted by atomic mass is 16.5. The van der Waals surface area contributed by atoms with Crippen LogP contribution in [-0.4, -0.2) is 43.7 Å². The Balaban J connectivity index is 1.89. The molecule has 0 aliphatic carbocycles. The molecule has 0 spiro atoms. The molecule has 0 bridgehead atoms. The predicted molar refractivity (Wildman–Crippen MR) is 70.0 cm³/mol. The number of hydrogen-bond acceptors (Lipinski definition) is 5. The molecule has 0 aromatic carbocycles. The summed E-state index contributed by atoms with van der Waals surface area (Å²) in [6, 6.07) is 3.72. The molecule has 2 aromatic heterocycles. The molecule has 19 heavy (non-hydrogen) atoms. The number of nitrogens with zero attached hydrogens (tertiary/aromatic N) is 2. The second-order valence-corrected chi connectivity index (χ2v) is 4.39. The van der Waals surface area contributed by atoms with Gasteiger partial charge in [-0.2, -0.15) is 0 Å². The van der Waals surface area contributed by atoms with Crippen LogP contribution in [0.4, 0.5) is 5.82 Å². The third-order valence-electron chi connectivity index (χ3n) is 3.26. The molecule has 2 aromatic rings. The van der Waals surface area contributed by atoms with Gasteiger partial charge >= 0.3 is 0 Å². The van der Waals surface area contributed by atoms with Crippen molar-refractivity contribution in [3.05, 3.63) is 24.6 Å². The quantitative estimate of drug-likeness (QED) is 0.865. The average Bonchev–Trinajstić information content (AvgIpc) is 2.94. The minimum Gasteiger partial charge on any atom is -0.464 e. The van der Waals surface area contributed by atoms with Crippen LogP contribution in [0.15, 0.2) is 29.0 Å². The second-order valence-electron chi connectivity index (χ2n) is 4.39. The number of morpholine rings is 1. The summed E-state index contributed by atoms with van der Waals surface area (Å²) in [4.78, 5) is 18.1. The van der Waals surface area contributed by atoms with Gasteiger partial charge in [0.1, 0.15) is 11.4 Å². The maximum Gasteiger partial charge on any atom is 0.250 e. The maximum absolute atomic E-state index is 11.7. The van der Waals surface area contributed by atoms with Gasteiger partial charge < -0.3 is 19.4 Å². The van der Waals surface area contributed by atoms with Gasteiger partial charge in [-0.1, -0.05) is 0 Å². The summed E-state index contributed by atoms with van der Waals surface area (Å²) in [5.74, 6) is 0.729. The zero-order valence-corrected chi connectivity index (χ0v) is 10.6. The van der Waals surface area contributed by atoms with E-state index in [1.165, 1.54) is 0 Å². The van der Waals surface area contributed by atoms with Crippen LogP contribution in [0.2, 0.25) is 0 Å². The molecule has 6 nitrogen and oxygen atoms in total. The standard InChI is InChI=1S/C13H15N3O3/c1-14-13(17)11-8-16(5-7-19-11)12-9-3-6-18-10(9)2-4-15-12/h2-4,6,11H,5,7-8H2,1H3,(H,14,17). The first-order valence-electron chi connectivity index (χ1n) is 6.20. The number of anilines is 1. The number of furan rings is 1. The summed E-state index contributed by atoms with van der Waals surface area (Å²) in [7, 11) is 1.61.